The highest BCUT2D eigenvalue weighted by Crippen LogP contribution is 2.33. The van der Waals surface area contributed by atoms with Gasteiger partial charge in [-0.1, -0.05) is 12.1 Å². The van der Waals surface area contributed by atoms with E-state index in [9.17, 15) is 4.79 Å². The van der Waals surface area contributed by atoms with Crippen LogP contribution in [0.15, 0.2) is 42.7 Å². The molecule has 1 aromatic carbocycles. The minimum atomic E-state index is -0.146. The van der Waals surface area contributed by atoms with Gasteiger partial charge in [0.05, 0.1) is 22.2 Å². The van der Waals surface area contributed by atoms with Gasteiger partial charge in [0.1, 0.15) is 5.56 Å². The standard InChI is InChI=1S/C20H22N6O/c1-21-18-13-12-22-9-8-15(13)26-16-7-5-4-6-14(16)24-19(26)17(18)20(27)23-10-11-25(2)3/h4-9,12,21H,10-11H2,1-3H3,(H,23,27). The van der Waals surface area contributed by atoms with Gasteiger partial charge in [-0.15, -0.1) is 0 Å². The quantitative estimate of drug-likeness (QED) is 0.570. The number of nitrogens with one attached hydrogen (secondary N) is 2. The second-order valence-electron chi connectivity index (χ2n) is 6.71. The molecular weight excluding hydrogens is 340 g/mol. The summed E-state index contributed by atoms with van der Waals surface area (Å²) in [5.41, 5.74) is 4.70. The van der Waals surface area contributed by atoms with E-state index in [-0.39, 0.29) is 5.91 Å². The van der Waals surface area contributed by atoms with E-state index in [0.717, 1.165) is 34.2 Å². The Balaban J connectivity index is 2.01. The molecule has 4 aromatic rings. The van der Waals surface area contributed by atoms with Crippen molar-refractivity contribution in [1.82, 2.24) is 24.6 Å². The predicted octanol–water partition coefficient (Wildman–Crippen LogP) is 2.37. The number of fused-ring (bicyclic) bond motifs is 5. The molecule has 0 aliphatic carbocycles. The largest absolute Gasteiger partial charge is 0.387 e. The van der Waals surface area contributed by atoms with Crippen LogP contribution in [0.1, 0.15) is 10.4 Å². The number of para-hydroxylation sites is 2. The number of anilines is 1. The van der Waals surface area contributed by atoms with Crippen molar-refractivity contribution in [2.75, 3.05) is 39.5 Å². The summed E-state index contributed by atoms with van der Waals surface area (Å²) in [6.45, 7) is 1.33. The Morgan fingerprint density at radius 1 is 1.19 bits per heavy atom. The van der Waals surface area contributed by atoms with Crippen LogP contribution in [0, 0.1) is 0 Å². The molecular formula is C20H22N6O. The fourth-order valence-electron chi connectivity index (χ4n) is 3.41. The first-order valence-corrected chi connectivity index (χ1v) is 8.89. The second kappa shape index (κ2) is 6.85. The lowest BCUT2D eigenvalue weighted by Crippen LogP contribution is -2.32. The van der Waals surface area contributed by atoms with Gasteiger partial charge in [0, 0.05) is 37.9 Å². The number of hydrogen-bond acceptors (Lipinski definition) is 5. The minimum absolute atomic E-state index is 0.146. The van der Waals surface area contributed by atoms with E-state index in [1.165, 1.54) is 0 Å². The van der Waals surface area contributed by atoms with Crippen LogP contribution in [0.5, 0.6) is 0 Å². The van der Waals surface area contributed by atoms with Crippen LogP contribution in [-0.4, -0.2) is 59.4 Å². The van der Waals surface area contributed by atoms with Gasteiger partial charge in [-0.3, -0.25) is 14.2 Å². The van der Waals surface area contributed by atoms with Crippen molar-refractivity contribution in [3.63, 3.8) is 0 Å². The van der Waals surface area contributed by atoms with Crippen molar-refractivity contribution < 1.29 is 4.79 Å². The maximum absolute atomic E-state index is 13.1. The van der Waals surface area contributed by atoms with Crippen LogP contribution in [0.2, 0.25) is 0 Å². The van der Waals surface area contributed by atoms with Crippen LogP contribution in [-0.2, 0) is 0 Å². The summed E-state index contributed by atoms with van der Waals surface area (Å²) < 4.78 is 2.04. The average molecular weight is 362 g/mol. The first kappa shape index (κ1) is 17.2. The van der Waals surface area contributed by atoms with E-state index in [1.54, 1.807) is 12.4 Å². The van der Waals surface area contributed by atoms with Crippen LogP contribution in [0.4, 0.5) is 5.69 Å². The van der Waals surface area contributed by atoms with E-state index in [1.807, 2.05) is 60.8 Å². The maximum Gasteiger partial charge on any atom is 0.257 e. The van der Waals surface area contributed by atoms with E-state index < -0.39 is 0 Å². The second-order valence-corrected chi connectivity index (χ2v) is 6.71. The van der Waals surface area contributed by atoms with Gasteiger partial charge in [0.15, 0.2) is 5.65 Å². The third-order valence-corrected chi connectivity index (χ3v) is 4.66. The molecule has 7 nitrogen and oxygen atoms in total. The van der Waals surface area contributed by atoms with E-state index in [4.69, 9.17) is 4.98 Å². The summed E-state index contributed by atoms with van der Waals surface area (Å²) >= 11 is 0. The van der Waals surface area contributed by atoms with Crippen molar-refractivity contribution in [3.05, 3.63) is 48.3 Å². The summed E-state index contributed by atoms with van der Waals surface area (Å²) in [6.07, 6.45) is 3.54. The topological polar surface area (TPSA) is 74.6 Å². The van der Waals surface area contributed by atoms with Gasteiger partial charge in [-0.05, 0) is 32.3 Å². The fraction of sp³-hybridized carbons (Fsp3) is 0.250. The highest BCUT2D eigenvalue weighted by Gasteiger charge is 2.22. The predicted molar refractivity (Wildman–Crippen MR) is 108 cm³/mol. The lowest BCUT2D eigenvalue weighted by atomic mass is 10.1. The lowest BCUT2D eigenvalue weighted by Gasteiger charge is -2.16. The molecule has 0 bridgehead atoms. The number of imidazole rings is 1. The molecule has 1 amide bonds. The first-order valence-electron chi connectivity index (χ1n) is 8.89. The van der Waals surface area contributed by atoms with Crippen LogP contribution < -0.4 is 10.6 Å². The molecule has 27 heavy (non-hydrogen) atoms. The zero-order chi connectivity index (χ0) is 19.0. The normalized spacial score (nSPS) is 11.6. The maximum atomic E-state index is 13.1. The van der Waals surface area contributed by atoms with Crippen molar-refractivity contribution in [3.8, 4) is 0 Å². The van der Waals surface area contributed by atoms with E-state index in [2.05, 4.69) is 15.6 Å². The van der Waals surface area contributed by atoms with Crippen molar-refractivity contribution >= 4 is 39.2 Å². The summed E-state index contributed by atoms with van der Waals surface area (Å²) in [7, 11) is 5.77. The lowest BCUT2D eigenvalue weighted by molar-refractivity contribution is 0.0953. The van der Waals surface area contributed by atoms with Crippen molar-refractivity contribution in [2.24, 2.45) is 0 Å². The summed E-state index contributed by atoms with van der Waals surface area (Å²) in [4.78, 5) is 24.2. The Morgan fingerprint density at radius 2 is 2.00 bits per heavy atom. The van der Waals surface area contributed by atoms with Gasteiger partial charge >= 0.3 is 0 Å². The third kappa shape index (κ3) is 2.86. The third-order valence-electron chi connectivity index (χ3n) is 4.66. The van der Waals surface area contributed by atoms with E-state index >= 15 is 0 Å². The Hall–Kier alpha value is -3.19. The van der Waals surface area contributed by atoms with Crippen LogP contribution >= 0.6 is 0 Å². The number of hydrogen-bond donors (Lipinski definition) is 2. The number of rotatable bonds is 5. The van der Waals surface area contributed by atoms with E-state index in [0.29, 0.717) is 17.8 Å². The SMILES string of the molecule is CNc1c(C(=O)NCCN(C)C)c2nc3ccccc3n2c2ccncc12. The van der Waals surface area contributed by atoms with Crippen molar-refractivity contribution in [2.45, 2.75) is 0 Å². The monoisotopic (exact) mass is 362 g/mol. The number of benzene rings is 1. The smallest absolute Gasteiger partial charge is 0.257 e. The molecule has 2 N–H and O–H groups in total. The highest BCUT2D eigenvalue weighted by atomic mass is 16.1. The molecule has 7 heteroatoms. The molecule has 4 rings (SSSR count). The number of carbonyl (C=O) groups excluding carboxylic acids is 1. The van der Waals surface area contributed by atoms with Gasteiger partial charge < -0.3 is 15.5 Å². The molecule has 0 aliphatic rings. The molecule has 3 aromatic heterocycles. The van der Waals surface area contributed by atoms with Gasteiger partial charge in [-0.25, -0.2) is 4.98 Å². The molecule has 0 saturated carbocycles. The Morgan fingerprint density at radius 3 is 2.78 bits per heavy atom. The molecule has 0 atom stereocenters. The van der Waals surface area contributed by atoms with Crippen molar-refractivity contribution in [1.29, 1.82) is 0 Å². The number of aromatic nitrogens is 3. The average Bonchev–Trinajstić information content (AvgIpc) is 3.05. The van der Waals surface area contributed by atoms with Gasteiger partial charge in [-0.2, -0.15) is 0 Å². The summed E-state index contributed by atoms with van der Waals surface area (Å²) in [5, 5.41) is 7.09. The Kier molecular flexibility index (Phi) is 4.37. The van der Waals surface area contributed by atoms with Gasteiger partial charge in [0.25, 0.3) is 5.91 Å². The molecule has 0 saturated heterocycles. The molecule has 0 fully saturated rings. The number of pyridine rings is 2. The molecule has 138 valence electrons. The zero-order valence-electron chi connectivity index (χ0n) is 15.7. The Bertz CT molecular complexity index is 1150. The number of carbonyl (C=O) groups is 1. The molecule has 0 spiro atoms. The first-order chi connectivity index (χ1) is 13.1. The molecule has 0 radical (unpaired) electrons. The molecule has 0 aliphatic heterocycles. The zero-order valence-corrected chi connectivity index (χ0v) is 15.7. The fourth-order valence-corrected chi connectivity index (χ4v) is 3.41. The summed E-state index contributed by atoms with van der Waals surface area (Å²) in [6, 6.07) is 9.86. The summed E-state index contributed by atoms with van der Waals surface area (Å²) in [5.74, 6) is -0.146. The Labute approximate surface area is 157 Å². The number of likely N-dealkylation sites (N-methyl/N-ethyl adjacent to an activating group) is 1. The highest BCUT2D eigenvalue weighted by molar-refractivity contribution is 6.13. The molecule has 0 unspecified atom stereocenters. The minimum Gasteiger partial charge on any atom is -0.387 e. The van der Waals surface area contributed by atoms with Crippen LogP contribution in [0.25, 0.3) is 27.6 Å². The molecule has 3 heterocycles. The van der Waals surface area contributed by atoms with Gasteiger partial charge in [0.2, 0.25) is 0 Å². The number of nitrogens with zero attached hydrogens (tertiary/aromatic N) is 4. The number of amides is 1. The van der Waals surface area contributed by atoms with Crippen LogP contribution in [0.3, 0.4) is 0 Å².